The van der Waals surface area contributed by atoms with Crippen LogP contribution in [0.25, 0.3) is 20.9 Å². The summed E-state index contributed by atoms with van der Waals surface area (Å²) in [5.74, 6) is 1.28. The molecule has 0 saturated carbocycles. The summed E-state index contributed by atoms with van der Waals surface area (Å²) in [5.41, 5.74) is 5.61. The predicted molar refractivity (Wildman–Crippen MR) is 220 cm³/mol. The second kappa shape index (κ2) is 14.7. The van der Waals surface area contributed by atoms with Gasteiger partial charge < -0.3 is 23.8 Å². The lowest BCUT2D eigenvalue weighted by Crippen LogP contribution is -2.33. The average Bonchev–Trinajstić information content (AvgIpc) is 3.84. The van der Waals surface area contributed by atoms with Gasteiger partial charge in [-0.05, 0) is 87.4 Å². The maximum Gasteiger partial charge on any atom is 0.173 e. The van der Waals surface area contributed by atoms with Crippen LogP contribution in [0.4, 0.5) is 11.4 Å². The molecule has 1 aliphatic heterocycles. The van der Waals surface area contributed by atoms with Crippen LogP contribution in [0.15, 0.2) is 109 Å². The molecule has 0 aliphatic carbocycles. The van der Waals surface area contributed by atoms with Crippen molar-refractivity contribution in [1.82, 2.24) is 0 Å². The van der Waals surface area contributed by atoms with E-state index in [0.29, 0.717) is 0 Å². The minimum absolute atomic E-state index is 0.228. The Hall–Kier alpha value is -4.29. The molecule has 0 fully saturated rings. The van der Waals surface area contributed by atoms with Gasteiger partial charge in [-0.25, -0.2) is 0 Å². The Morgan fingerprint density at radius 3 is 1.41 bits per heavy atom. The van der Waals surface area contributed by atoms with E-state index < -0.39 is 7.14 Å². The lowest BCUT2D eigenvalue weighted by Gasteiger charge is -2.31. The molecule has 0 unspecified atom stereocenters. The van der Waals surface area contributed by atoms with E-state index in [9.17, 15) is 0 Å². The van der Waals surface area contributed by atoms with Crippen molar-refractivity contribution in [3.63, 3.8) is 0 Å². The molecule has 4 aromatic carbocycles. The molecule has 5 nitrogen and oxygen atoms in total. The van der Waals surface area contributed by atoms with Crippen LogP contribution < -0.4 is 35.2 Å². The zero-order chi connectivity index (χ0) is 35.7. The fourth-order valence-electron chi connectivity index (χ4n) is 7.42. The number of methoxy groups -OCH3 is 2. The van der Waals surface area contributed by atoms with Crippen molar-refractivity contribution in [3.8, 4) is 32.4 Å². The minimum Gasteiger partial charge on any atom is -0.496 e. The van der Waals surface area contributed by atoms with E-state index in [-0.39, 0.29) is 5.92 Å². The van der Waals surface area contributed by atoms with Crippen LogP contribution in [-0.2, 0) is 4.57 Å². The molecule has 8 heteroatoms. The Morgan fingerprint density at radius 1 is 0.588 bits per heavy atom. The number of fused-ring (bicyclic) bond motifs is 2. The third-order valence-electron chi connectivity index (χ3n) is 10.1. The van der Waals surface area contributed by atoms with Crippen LogP contribution in [0.1, 0.15) is 48.9 Å². The van der Waals surface area contributed by atoms with Gasteiger partial charge in [0.15, 0.2) is 7.14 Å². The summed E-state index contributed by atoms with van der Waals surface area (Å²) in [7, 11) is 0.132. The fraction of sp³-hybridized carbons (Fsp3) is 0.256. The molecule has 2 aromatic heterocycles. The van der Waals surface area contributed by atoms with Gasteiger partial charge in [-0.2, -0.15) is 0 Å². The van der Waals surface area contributed by atoms with Crippen molar-refractivity contribution < 1.29 is 14.0 Å². The molecule has 0 saturated heterocycles. The topological polar surface area (TPSA) is 42.0 Å². The lowest BCUT2D eigenvalue weighted by molar-refractivity contribution is 0.385. The molecule has 3 heterocycles. The highest BCUT2D eigenvalue weighted by Gasteiger charge is 2.46. The summed E-state index contributed by atoms with van der Waals surface area (Å²) in [6, 6.07) is 38.1. The smallest absolute Gasteiger partial charge is 0.173 e. The highest BCUT2D eigenvalue weighted by atomic mass is 32.1. The van der Waals surface area contributed by atoms with Crippen molar-refractivity contribution in [2.75, 3.05) is 50.2 Å². The molecule has 7 rings (SSSR count). The van der Waals surface area contributed by atoms with Gasteiger partial charge in [0, 0.05) is 78.5 Å². The first kappa shape index (κ1) is 35.1. The van der Waals surface area contributed by atoms with Gasteiger partial charge >= 0.3 is 0 Å². The Balaban J connectivity index is 1.48. The third kappa shape index (κ3) is 6.09. The Bertz CT molecular complexity index is 2040. The number of nitrogens with zero attached hydrogens (tertiary/aromatic N) is 2. The van der Waals surface area contributed by atoms with Crippen LogP contribution in [0.2, 0.25) is 0 Å². The molecule has 0 radical (unpaired) electrons. The minimum atomic E-state index is -3.30. The van der Waals surface area contributed by atoms with Gasteiger partial charge in [-0.1, -0.05) is 60.7 Å². The van der Waals surface area contributed by atoms with Gasteiger partial charge in [0.2, 0.25) is 0 Å². The van der Waals surface area contributed by atoms with Crippen molar-refractivity contribution >= 4 is 57.1 Å². The standard InChI is InChI=1S/C43H45N2O3PS2/c1-7-44(8-2)31-23-19-29(20-24-31)38-27-36-42(50-38)41(40-34(47-5)17-14-18-35(40)48-6)43-37(49(36,46)33-15-12-11-13-16-33)28-39(51-43)30-21-25-32(26-22-30)45(9-3)10-4/h11-28,41H,7-10H2,1-6H3. The zero-order valence-electron chi connectivity index (χ0n) is 30.2. The maximum atomic E-state index is 16.2. The van der Waals surface area contributed by atoms with E-state index >= 15 is 4.57 Å². The van der Waals surface area contributed by atoms with Crippen LogP contribution in [0.5, 0.6) is 11.5 Å². The van der Waals surface area contributed by atoms with Crippen molar-refractivity contribution in [3.05, 3.63) is 125 Å². The quantitative estimate of drug-likeness (QED) is 0.117. The highest BCUT2D eigenvalue weighted by Crippen LogP contribution is 2.59. The summed E-state index contributed by atoms with van der Waals surface area (Å²) in [6.45, 7) is 12.6. The summed E-state index contributed by atoms with van der Waals surface area (Å²) < 4.78 is 28.3. The van der Waals surface area contributed by atoms with Crippen LogP contribution in [0, 0.1) is 0 Å². The number of hydrogen-bond acceptors (Lipinski definition) is 7. The molecule has 51 heavy (non-hydrogen) atoms. The Morgan fingerprint density at radius 2 is 1.02 bits per heavy atom. The third-order valence-corrected chi connectivity index (χ3v) is 16.0. The van der Waals surface area contributed by atoms with E-state index in [2.05, 4.69) is 98.2 Å². The number of ether oxygens (including phenoxy) is 2. The second-order valence-corrected chi connectivity index (χ2v) is 17.5. The van der Waals surface area contributed by atoms with E-state index in [4.69, 9.17) is 9.47 Å². The van der Waals surface area contributed by atoms with Gasteiger partial charge in [-0.3, -0.25) is 0 Å². The predicted octanol–water partition coefficient (Wildman–Crippen LogP) is 9.99. The molecule has 0 amide bonds. The van der Waals surface area contributed by atoms with E-state index in [1.807, 2.05) is 48.5 Å². The van der Waals surface area contributed by atoms with E-state index in [0.717, 1.165) is 89.8 Å². The zero-order valence-corrected chi connectivity index (χ0v) is 32.7. The molecule has 0 N–H and O–H groups in total. The normalized spacial score (nSPS) is 16.3. The number of thiophene rings is 2. The summed E-state index contributed by atoms with van der Waals surface area (Å²) in [5, 5.41) is 2.64. The molecule has 0 spiro atoms. The number of benzene rings is 4. The Kier molecular flexibility index (Phi) is 10.2. The van der Waals surface area contributed by atoms with Crippen molar-refractivity contribution in [1.29, 1.82) is 0 Å². The van der Waals surface area contributed by atoms with Crippen molar-refractivity contribution in [2.45, 2.75) is 33.6 Å². The van der Waals surface area contributed by atoms with Gasteiger partial charge in [0.25, 0.3) is 0 Å². The number of rotatable bonds is 12. The van der Waals surface area contributed by atoms with Crippen LogP contribution >= 0.6 is 29.8 Å². The summed E-state index contributed by atoms with van der Waals surface area (Å²) >= 11 is 3.47. The maximum absolute atomic E-state index is 16.2. The molecule has 0 atom stereocenters. The lowest BCUT2D eigenvalue weighted by atomic mass is 9.93. The molecule has 6 aromatic rings. The van der Waals surface area contributed by atoms with Gasteiger partial charge in [-0.15, -0.1) is 22.7 Å². The van der Waals surface area contributed by atoms with E-state index in [1.165, 1.54) is 11.4 Å². The van der Waals surface area contributed by atoms with Gasteiger partial charge in [0.1, 0.15) is 11.5 Å². The van der Waals surface area contributed by atoms with Crippen LogP contribution in [0.3, 0.4) is 0 Å². The highest BCUT2D eigenvalue weighted by molar-refractivity contribution is 7.86. The first-order valence-electron chi connectivity index (χ1n) is 17.8. The van der Waals surface area contributed by atoms with Gasteiger partial charge in [0.05, 0.1) is 20.1 Å². The largest absolute Gasteiger partial charge is 0.496 e. The fourth-order valence-corrected chi connectivity index (χ4v) is 14.0. The molecular weight excluding hydrogens is 688 g/mol. The molecule has 262 valence electrons. The molecule has 1 aliphatic rings. The first-order chi connectivity index (χ1) is 24.9. The number of anilines is 2. The average molecular weight is 733 g/mol. The first-order valence-corrected chi connectivity index (χ1v) is 21.1. The summed E-state index contributed by atoms with van der Waals surface area (Å²) in [6.07, 6.45) is 0. The second-order valence-electron chi connectivity index (χ2n) is 12.6. The van der Waals surface area contributed by atoms with Crippen molar-refractivity contribution in [2.24, 2.45) is 0 Å². The summed E-state index contributed by atoms with van der Waals surface area (Å²) in [4.78, 5) is 9.05. The van der Waals surface area contributed by atoms with Crippen LogP contribution in [-0.4, -0.2) is 40.4 Å². The Labute approximate surface area is 310 Å². The number of hydrogen-bond donors (Lipinski definition) is 0. The van der Waals surface area contributed by atoms with E-state index in [1.54, 1.807) is 36.9 Å². The monoisotopic (exact) mass is 732 g/mol. The SMILES string of the molecule is CCN(CC)c1ccc(-c2cc3c(s2)C(c2c(OC)cccc2OC)c2sc(-c4ccc(N(CC)CC)cc4)cc2P3(=O)c2ccccc2)cc1. The molecular formula is C43H45N2O3PS2. The molecule has 0 bridgehead atoms.